The first-order valence-corrected chi connectivity index (χ1v) is 13.1. The first-order chi connectivity index (χ1) is 20.2. The second-order valence-electron chi connectivity index (χ2n) is 9.83. The van der Waals surface area contributed by atoms with Gasteiger partial charge in [0.1, 0.15) is 11.3 Å². The Morgan fingerprint density at radius 1 is 0.952 bits per heavy atom. The second-order valence-corrected chi connectivity index (χ2v) is 9.83. The highest BCUT2D eigenvalue weighted by Gasteiger charge is 2.30. The number of pyridine rings is 1. The third-order valence-electron chi connectivity index (χ3n) is 6.85. The van der Waals surface area contributed by atoms with Gasteiger partial charge in [0.05, 0.1) is 22.7 Å². The zero-order valence-electron chi connectivity index (χ0n) is 22.1. The summed E-state index contributed by atoms with van der Waals surface area (Å²) in [5.41, 5.74) is 3.92. The Morgan fingerprint density at radius 3 is 2.57 bits per heavy atom. The number of hydrogen-bond donors (Lipinski definition) is 4. The molecule has 1 atom stereocenters. The average molecular weight is 571 g/mol. The monoisotopic (exact) mass is 570 g/mol. The molecule has 0 bridgehead atoms. The van der Waals surface area contributed by atoms with Gasteiger partial charge in [0.25, 0.3) is 5.91 Å². The zero-order chi connectivity index (χ0) is 29.3. The highest BCUT2D eigenvalue weighted by molar-refractivity contribution is 6.03. The number of benzene rings is 3. The van der Waals surface area contributed by atoms with Gasteiger partial charge in [-0.05, 0) is 58.7 Å². The van der Waals surface area contributed by atoms with Crippen LogP contribution in [0.25, 0.3) is 27.8 Å². The van der Waals surface area contributed by atoms with Crippen molar-refractivity contribution in [3.63, 3.8) is 0 Å². The molecule has 3 aromatic carbocycles. The van der Waals surface area contributed by atoms with E-state index in [4.69, 9.17) is 0 Å². The summed E-state index contributed by atoms with van der Waals surface area (Å²) in [5, 5.41) is 16.3. The third kappa shape index (κ3) is 5.87. The Kier molecular flexibility index (Phi) is 7.19. The number of aromatic nitrogens is 4. The van der Waals surface area contributed by atoms with E-state index in [2.05, 4.69) is 25.6 Å². The molecule has 0 aliphatic heterocycles. The summed E-state index contributed by atoms with van der Waals surface area (Å²) in [6, 6.07) is 23.3. The van der Waals surface area contributed by atoms with Crippen molar-refractivity contribution in [2.45, 2.75) is 18.8 Å². The van der Waals surface area contributed by atoms with Crippen LogP contribution in [0.5, 0.6) is 0 Å². The maximum atomic E-state index is 13.1. The maximum Gasteiger partial charge on any atom is 0.416 e. The molecule has 0 saturated heterocycles. The second kappa shape index (κ2) is 11.1. The van der Waals surface area contributed by atoms with E-state index in [0.29, 0.717) is 40.9 Å². The van der Waals surface area contributed by atoms with Crippen LogP contribution in [0, 0.1) is 0 Å². The number of aliphatic hydroxyl groups is 1. The average Bonchev–Trinajstić information content (AvgIpc) is 3.60. The number of alkyl halides is 3. The van der Waals surface area contributed by atoms with Gasteiger partial charge in [0.15, 0.2) is 0 Å². The fraction of sp³-hybridized carbons (Fsp3) is 0.129. The minimum atomic E-state index is -4.44. The molecule has 0 radical (unpaired) electrons. The van der Waals surface area contributed by atoms with E-state index in [1.165, 1.54) is 6.07 Å². The first kappa shape index (κ1) is 27.2. The summed E-state index contributed by atoms with van der Waals surface area (Å²) in [6.45, 7) is 0.895. The van der Waals surface area contributed by atoms with Crippen LogP contribution >= 0.6 is 0 Å². The van der Waals surface area contributed by atoms with Crippen molar-refractivity contribution < 1.29 is 23.1 Å². The smallest absolute Gasteiger partial charge is 0.387 e. The highest BCUT2D eigenvalue weighted by atomic mass is 19.4. The number of aliphatic hydroxyl groups excluding tert-OH is 1. The van der Waals surface area contributed by atoms with Crippen LogP contribution in [-0.2, 0) is 12.7 Å². The van der Waals surface area contributed by atoms with Gasteiger partial charge in [0, 0.05) is 25.5 Å². The van der Waals surface area contributed by atoms with Crippen molar-refractivity contribution in [1.82, 2.24) is 24.7 Å². The molecular weight excluding hydrogens is 545 g/mol. The topological polar surface area (TPSA) is 107 Å². The Morgan fingerprint density at radius 2 is 1.76 bits per heavy atom. The number of imidazole rings is 2. The van der Waals surface area contributed by atoms with Crippen molar-refractivity contribution >= 4 is 28.5 Å². The van der Waals surface area contributed by atoms with Crippen LogP contribution in [0.15, 0.2) is 97.3 Å². The lowest BCUT2D eigenvalue weighted by molar-refractivity contribution is -0.137. The van der Waals surface area contributed by atoms with E-state index < -0.39 is 23.8 Å². The van der Waals surface area contributed by atoms with Gasteiger partial charge < -0.3 is 19.8 Å². The highest BCUT2D eigenvalue weighted by Crippen LogP contribution is 2.33. The summed E-state index contributed by atoms with van der Waals surface area (Å²) < 4.78 is 41.2. The maximum absolute atomic E-state index is 13.1. The van der Waals surface area contributed by atoms with Crippen molar-refractivity contribution in [2.75, 3.05) is 11.9 Å². The number of halogens is 3. The minimum absolute atomic E-state index is 0.185. The molecule has 42 heavy (non-hydrogen) atoms. The molecule has 0 aliphatic carbocycles. The Hall–Kier alpha value is -5.00. The summed E-state index contributed by atoms with van der Waals surface area (Å²) in [4.78, 5) is 24.8. The zero-order valence-corrected chi connectivity index (χ0v) is 22.1. The largest absolute Gasteiger partial charge is 0.416 e. The lowest BCUT2D eigenvalue weighted by Crippen LogP contribution is -2.21. The van der Waals surface area contributed by atoms with Crippen molar-refractivity contribution in [1.29, 1.82) is 0 Å². The lowest BCUT2D eigenvalue weighted by atomic mass is 10.0. The van der Waals surface area contributed by atoms with Gasteiger partial charge in [0.2, 0.25) is 5.95 Å². The van der Waals surface area contributed by atoms with Crippen molar-refractivity contribution in [3.05, 3.63) is 120 Å². The van der Waals surface area contributed by atoms with Crippen molar-refractivity contribution in [2.24, 2.45) is 0 Å². The number of hydrogen-bond acceptors (Lipinski definition) is 5. The van der Waals surface area contributed by atoms with Crippen LogP contribution in [0.2, 0.25) is 0 Å². The van der Waals surface area contributed by atoms with Gasteiger partial charge >= 0.3 is 6.18 Å². The number of amides is 1. The SMILES string of the molecule is O=C(Nc1nc2ccc(-c3cccc(C(F)(F)F)c3)cc2[nH]1)c1cn2ccc(CNCC(O)c3ccccc3)cc2n1. The predicted octanol–water partition coefficient (Wildman–Crippen LogP) is 5.97. The standard InChI is InChI=1S/C31H25F3N6O2/c32-31(33,34)23-8-4-7-21(14-23)22-9-10-24-25(15-22)38-30(37-24)39-29(42)26-18-40-12-11-19(13-28(40)36-26)16-35-17-27(41)20-5-2-1-3-6-20/h1-15,18,27,35,41H,16-17H2,(H2,37,38,39,42). The number of carbonyl (C=O) groups excluding carboxylic acids is 1. The minimum Gasteiger partial charge on any atom is -0.387 e. The third-order valence-corrected chi connectivity index (χ3v) is 6.85. The number of anilines is 1. The van der Waals surface area contributed by atoms with E-state index in [1.807, 2.05) is 42.5 Å². The fourth-order valence-corrected chi connectivity index (χ4v) is 4.68. The van der Waals surface area contributed by atoms with Gasteiger partial charge in [-0.3, -0.25) is 10.1 Å². The molecule has 0 fully saturated rings. The number of nitrogens with zero attached hydrogens (tertiary/aromatic N) is 3. The number of aromatic amines is 1. The molecule has 1 amide bonds. The van der Waals surface area contributed by atoms with Crippen LogP contribution < -0.4 is 10.6 Å². The van der Waals surface area contributed by atoms with Crippen molar-refractivity contribution in [3.8, 4) is 11.1 Å². The summed E-state index contributed by atoms with van der Waals surface area (Å²) in [7, 11) is 0. The molecule has 8 nitrogen and oxygen atoms in total. The molecule has 4 N–H and O–H groups in total. The first-order valence-electron chi connectivity index (χ1n) is 13.1. The molecule has 0 saturated carbocycles. The summed E-state index contributed by atoms with van der Waals surface area (Å²) >= 11 is 0. The van der Waals surface area contributed by atoms with E-state index in [1.54, 1.807) is 41.1 Å². The molecule has 3 heterocycles. The van der Waals surface area contributed by atoms with E-state index in [0.717, 1.165) is 23.3 Å². The molecule has 212 valence electrons. The van der Waals surface area contributed by atoms with Gasteiger partial charge in [-0.2, -0.15) is 13.2 Å². The number of nitrogens with one attached hydrogen (secondary N) is 3. The molecule has 6 rings (SSSR count). The quantitative estimate of drug-likeness (QED) is 0.180. The van der Waals surface area contributed by atoms with Crippen LogP contribution in [0.3, 0.4) is 0 Å². The molecule has 0 spiro atoms. The van der Waals surface area contributed by atoms with Gasteiger partial charge in [-0.25, -0.2) is 9.97 Å². The normalized spacial score (nSPS) is 12.6. The number of fused-ring (bicyclic) bond motifs is 2. The van der Waals surface area contributed by atoms with Crippen LogP contribution in [-0.4, -0.2) is 36.9 Å². The molecule has 3 aromatic heterocycles. The number of H-pyrrole nitrogens is 1. The Balaban J connectivity index is 1.12. The van der Waals surface area contributed by atoms with E-state index in [9.17, 15) is 23.1 Å². The molecule has 1 unspecified atom stereocenters. The summed E-state index contributed by atoms with van der Waals surface area (Å²) in [5.74, 6) is -0.281. The fourth-order valence-electron chi connectivity index (χ4n) is 4.68. The van der Waals surface area contributed by atoms with E-state index >= 15 is 0 Å². The van der Waals surface area contributed by atoms with Gasteiger partial charge in [-0.1, -0.05) is 48.5 Å². The Labute approximate surface area is 237 Å². The van der Waals surface area contributed by atoms with Gasteiger partial charge in [-0.15, -0.1) is 0 Å². The van der Waals surface area contributed by atoms with Crippen LogP contribution in [0.1, 0.15) is 33.3 Å². The predicted molar refractivity (Wildman–Crippen MR) is 153 cm³/mol. The molecule has 11 heteroatoms. The Bertz CT molecular complexity index is 1880. The summed E-state index contributed by atoms with van der Waals surface area (Å²) in [6.07, 6.45) is -1.65. The molecule has 0 aliphatic rings. The van der Waals surface area contributed by atoms with Crippen LogP contribution in [0.4, 0.5) is 19.1 Å². The molecule has 6 aromatic rings. The number of rotatable bonds is 8. The lowest BCUT2D eigenvalue weighted by Gasteiger charge is -2.12. The number of carbonyl (C=O) groups is 1. The molecular formula is C31H25F3N6O2. The van der Waals surface area contributed by atoms with E-state index in [-0.39, 0.29) is 11.6 Å².